The molecular weight excluding hydrogens is 286 g/mol. The molecule has 0 aromatic carbocycles. The number of rotatable bonds is 3. The molecule has 0 bridgehead atoms. The number of hydrogen-bond donors (Lipinski definition) is 0. The second-order valence-corrected chi connectivity index (χ2v) is 6.15. The molecule has 0 atom stereocenters. The van der Waals surface area contributed by atoms with Gasteiger partial charge in [-0.1, -0.05) is 11.2 Å². The van der Waals surface area contributed by atoms with Crippen molar-refractivity contribution in [2.45, 2.75) is 19.5 Å². The van der Waals surface area contributed by atoms with E-state index in [0.717, 1.165) is 30.1 Å². The number of aryl methyl sites for hydroxylation is 1. The Morgan fingerprint density at radius 2 is 2.38 bits per heavy atom. The molecule has 0 aliphatic carbocycles. The van der Waals surface area contributed by atoms with Crippen molar-refractivity contribution in [3.63, 3.8) is 0 Å². The molecule has 0 N–H and O–H groups in total. The van der Waals surface area contributed by atoms with Gasteiger partial charge in [0.05, 0.1) is 23.4 Å². The maximum Gasteiger partial charge on any atom is 0.241 e. The molecule has 6 nitrogen and oxygen atoms in total. The summed E-state index contributed by atoms with van der Waals surface area (Å²) in [7, 11) is 2.05. The number of nitrogens with zero attached hydrogens (tertiary/aromatic N) is 5. The lowest BCUT2D eigenvalue weighted by Crippen LogP contribution is -2.30. The Bertz CT molecular complexity index is 745. The number of imidazole rings is 1. The number of hydrogen-bond acceptors (Lipinski definition) is 6. The molecule has 0 saturated carbocycles. The van der Waals surface area contributed by atoms with Gasteiger partial charge in [0, 0.05) is 32.3 Å². The molecule has 0 saturated heterocycles. The van der Waals surface area contributed by atoms with E-state index in [-0.39, 0.29) is 0 Å². The highest BCUT2D eigenvalue weighted by Gasteiger charge is 2.21. The highest BCUT2D eigenvalue weighted by atomic mass is 32.1. The molecule has 21 heavy (non-hydrogen) atoms. The van der Waals surface area contributed by atoms with Crippen LogP contribution in [0.1, 0.15) is 17.3 Å². The van der Waals surface area contributed by atoms with E-state index >= 15 is 0 Å². The highest BCUT2D eigenvalue weighted by Crippen LogP contribution is 2.23. The zero-order valence-electron chi connectivity index (χ0n) is 11.7. The van der Waals surface area contributed by atoms with E-state index in [4.69, 9.17) is 4.52 Å². The van der Waals surface area contributed by atoms with Crippen LogP contribution in [-0.2, 0) is 26.6 Å². The number of aromatic nitrogens is 4. The highest BCUT2D eigenvalue weighted by molar-refractivity contribution is 7.13. The quantitative estimate of drug-likeness (QED) is 0.741. The van der Waals surface area contributed by atoms with E-state index in [0.29, 0.717) is 18.3 Å². The summed E-state index contributed by atoms with van der Waals surface area (Å²) in [5.74, 6) is 1.34. The maximum atomic E-state index is 5.36. The normalized spacial score (nSPS) is 15.3. The van der Waals surface area contributed by atoms with Gasteiger partial charge in [-0.2, -0.15) is 4.98 Å². The topological polar surface area (TPSA) is 60.0 Å². The monoisotopic (exact) mass is 301 g/mol. The summed E-state index contributed by atoms with van der Waals surface area (Å²) < 4.78 is 7.47. The molecule has 4 rings (SSSR count). The number of fused-ring (bicyclic) bond motifs is 1. The molecular formula is C14H15N5OS. The van der Waals surface area contributed by atoms with Crippen molar-refractivity contribution in [3.8, 4) is 10.7 Å². The van der Waals surface area contributed by atoms with E-state index < -0.39 is 0 Å². The minimum Gasteiger partial charge on any atom is -0.338 e. The fourth-order valence-corrected chi connectivity index (χ4v) is 3.31. The lowest BCUT2D eigenvalue weighted by Gasteiger charge is -2.24. The van der Waals surface area contributed by atoms with Gasteiger partial charge in [0.2, 0.25) is 11.7 Å². The Morgan fingerprint density at radius 3 is 3.24 bits per heavy atom. The maximum absolute atomic E-state index is 5.36. The fraction of sp³-hybridized carbons (Fsp3) is 0.357. The lowest BCUT2D eigenvalue weighted by molar-refractivity contribution is 0.206. The minimum absolute atomic E-state index is 0.665. The van der Waals surface area contributed by atoms with Crippen molar-refractivity contribution in [1.29, 1.82) is 0 Å². The molecule has 1 aliphatic heterocycles. The zero-order chi connectivity index (χ0) is 14.2. The van der Waals surface area contributed by atoms with Crippen LogP contribution in [0.2, 0.25) is 0 Å². The van der Waals surface area contributed by atoms with Crippen LogP contribution in [0.25, 0.3) is 10.7 Å². The molecule has 108 valence electrons. The van der Waals surface area contributed by atoms with Gasteiger partial charge in [0.25, 0.3) is 0 Å². The molecule has 0 unspecified atom stereocenters. The second kappa shape index (κ2) is 5.09. The summed E-state index contributed by atoms with van der Waals surface area (Å²) in [6.45, 7) is 2.50. The first-order valence-electron chi connectivity index (χ1n) is 6.87. The van der Waals surface area contributed by atoms with Gasteiger partial charge in [-0.3, -0.25) is 4.90 Å². The molecule has 1 aliphatic rings. The third-order valence-electron chi connectivity index (χ3n) is 3.75. The van der Waals surface area contributed by atoms with Gasteiger partial charge in [-0.05, 0) is 11.4 Å². The van der Waals surface area contributed by atoms with Gasteiger partial charge in [0.1, 0.15) is 0 Å². The Labute approximate surface area is 126 Å². The van der Waals surface area contributed by atoms with Gasteiger partial charge in [-0.25, -0.2) is 4.98 Å². The van der Waals surface area contributed by atoms with Crippen molar-refractivity contribution >= 4 is 11.3 Å². The molecule has 0 radical (unpaired) electrons. The Balaban J connectivity index is 1.48. The summed E-state index contributed by atoms with van der Waals surface area (Å²) in [5, 5.41) is 6.06. The third-order valence-corrected chi connectivity index (χ3v) is 4.62. The Morgan fingerprint density at radius 1 is 1.43 bits per heavy atom. The van der Waals surface area contributed by atoms with Gasteiger partial charge >= 0.3 is 0 Å². The summed E-state index contributed by atoms with van der Waals surface area (Å²) in [5.41, 5.74) is 2.48. The first kappa shape index (κ1) is 12.7. The van der Waals surface area contributed by atoms with Gasteiger partial charge in [-0.15, -0.1) is 11.3 Å². The Kier molecular flexibility index (Phi) is 3.08. The third kappa shape index (κ3) is 2.38. The van der Waals surface area contributed by atoms with Crippen molar-refractivity contribution < 1.29 is 4.52 Å². The SMILES string of the molecule is Cn1cnc2c1CCN(Cc1nc(-c3cccs3)no1)C2. The smallest absolute Gasteiger partial charge is 0.241 e. The largest absolute Gasteiger partial charge is 0.338 e. The molecule has 3 aromatic heterocycles. The van der Waals surface area contributed by atoms with Crippen LogP contribution in [0, 0.1) is 0 Å². The van der Waals surface area contributed by atoms with Crippen LogP contribution in [0.15, 0.2) is 28.4 Å². The van der Waals surface area contributed by atoms with E-state index in [2.05, 4.69) is 24.6 Å². The zero-order valence-corrected chi connectivity index (χ0v) is 12.5. The molecule has 4 heterocycles. The predicted octanol–water partition coefficient (Wildman–Crippen LogP) is 2.09. The van der Waals surface area contributed by atoms with E-state index in [1.165, 1.54) is 5.69 Å². The van der Waals surface area contributed by atoms with Crippen molar-refractivity contribution in [2.24, 2.45) is 7.05 Å². The average molecular weight is 301 g/mol. The van der Waals surface area contributed by atoms with E-state index in [1.807, 2.05) is 30.9 Å². The van der Waals surface area contributed by atoms with Gasteiger partial charge in [0.15, 0.2) is 0 Å². The fourth-order valence-electron chi connectivity index (χ4n) is 2.66. The first-order chi connectivity index (χ1) is 10.3. The summed E-state index contributed by atoms with van der Waals surface area (Å²) in [4.78, 5) is 12.3. The van der Waals surface area contributed by atoms with E-state index in [1.54, 1.807) is 11.3 Å². The van der Waals surface area contributed by atoms with Crippen molar-refractivity contribution in [2.75, 3.05) is 6.54 Å². The minimum atomic E-state index is 0.665. The molecule has 3 aromatic rings. The van der Waals surface area contributed by atoms with Gasteiger partial charge < -0.3 is 9.09 Å². The Hall–Kier alpha value is -1.99. The molecule has 0 amide bonds. The number of thiophene rings is 1. The molecule has 0 fully saturated rings. The first-order valence-corrected chi connectivity index (χ1v) is 7.75. The molecule has 7 heteroatoms. The summed E-state index contributed by atoms with van der Waals surface area (Å²) >= 11 is 1.62. The van der Waals surface area contributed by atoms with Crippen LogP contribution in [-0.4, -0.2) is 31.1 Å². The second-order valence-electron chi connectivity index (χ2n) is 5.20. The van der Waals surface area contributed by atoms with Crippen LogP contribution < -0.4 is 0 Å². The lowest BCUT2D eigenvalue weighted by atomic mass is 10.1. The van der Waals surface area contributed by atoms with E-state index in [9.17, 15) is 0 Å². The predicted molar refractivity (Wildman–Crippen MR) is 78.6 cm³/mol. The standard InChI is InChI=1S/C14H15N5OS/c1-18-9-15-10-7-19(5-4-11(10)18)8-13-16-14(17-20-13)12-3-2-6-21-12/h2-3,6,9H,4-5,7-8H2,1H3. The average Bonchev–Trinajstić information content (AvgIpc) is 3.20. The van der Waals surface area contributed by atoms with Crippen molar-refractivity contribution in [1.82, 2.24) is 24.6 Å². The summed E-state index contributed by atoms with van der Waals surface area (Å²) in [6, 6.07) is 3.99. The van der Waals surface area contributed by atoms with Crippen LogP contribution >= 0.6 is 11.3 Å². The van der Waals surface area contributed by atoms with Crippen LogP contribution in [0.4, 0.5) is 0 Å². The van der Waals surface area contributed by atoms with Crippen LogP contribution in [0.3, 0.4) is 0 Å². The van der Waals surface area contributed by atoms with Crippen LogP contribution in [0.5, 0.6) is 0 Å². The molecule has 0 spiro atoms. The summed E-state index contributed by atoms with van der Waals surface area (Å²) in [6.07, 6.45) is 2.90. The van der Waals surface area contributed by atoms with Crippen molar-refractivity contribution in [3.05, 3.63) is 41.1 Å².